The van der Waals surface area contributed by atoms with Crippen molar-refractivity contribution in [1.82, 2.24) is 10.2 Å². The van der Waals surface area contributed by atoms with Crippen molar-refractivity contribution in [3.05, 3.63) is 59.2 Å². The second-order valence-corrected chi connectivity index (χ2v) is 7.71. The molecule has 0 radical (unpaired) electrons. The molecule has 0 saturated heterocycles. The molecule has 8 heteroatoms. The SMILES string of the molecule is CSCCC(C(=O)NCc1ccc2c(c1)OCO2)N1C(=O)c2ccccc2C1=O. The fourth-order valence-electron chi connectivity index (χ4n) is 3.46. The summed E-state index contributed by atoms with van der Waals surface area (Å²) in [5.41, 5.74) is 1.53. The van der Waals surface area contributed by atoms with E-state index in [-0.39, 0.29) is 19.2 Å². The van der Waals surface area contributed by atoms with Crippen LogP contribution in [0.5, 0.6) is 11.5 Å². The average molecular weight is 412 g/mol. The van der Waals surface area contributed by atoms with Gasteiger partial charge in [-0.1, -0.05) is 18.2 Å². The van der Waals surface area contributed by atoms with Crippen molar-refractivity contribution >= 4 is 29.5 Å². The van der Waals surface area contributed by atoms with Crippen molar-refractivity contribution in [3.8, 4) is 11.5 Å². The van der Waals surface area contributed by atoms with Gasteiger partial charge in [0.2, 0.25) is 12.7 Å². The van der Waals surface area contributed by atoms with Gasteiger partial charge in [0.1, 0.15) is 6.04 Å². The number of imide groups is 1. The van der Waals surface area contributed by atoms with Gasteiger partial charge in [0.25, 0.3) is 11.8 Å². The Morgan fingerprint density at radius 3 is 2.48 bits per heavy atom. The molecule has 0 spiro atoms. The number of hydrogen-bond acceptors (Lipinski definition) is 6. The van der Waals surface area contributed by atoms with E-state index >= 15 is 0 Å². The fourth-order valence-corrected chi connectivity index (χ4v) is 3.91. The molecule has 2 aromatic carbocycles. The number of rotatable bonds is 7. The molecule has 0 aromatic heterocycles. The van der Waals surface area contributed by atoms with E-state index in [4.69, 9.17) is 9.47 Å². The summed E-state index contributed by atoms with van der Waals surface area (Å²) >= 11 is 1.56. The monoisotopic (exact) mass is 412 g/mol. The van der Waals surface area contributed by atoms with Crippen LogP contribution in [0.1, 0.15) is 32.7 Å². The number of nitrogens with zero attached hydrogens (tertiary/aromatic N) is 1. The average Bonchev–Trinajstić information content (AvgIpc) is 3.30. The second kappa shape index (κ2) is 8.16. The van der Waals surface area contributed by atoms with E-state index in [0.717, 1.165) is 10.5 Å². The summed E-state index contributed by atoms with van der Waals surface area (Å²) in [5.74, 6) is 0.756. The van der Waals surface area contributed by atoms with Crippen molar-refractivity contribution in [1.29, 1.82) is 0 Å². The van der Waals surface area contributed by atoms with Gasteiger partial charge in [-0.25, -0.2) is 0 Å². The van der Waals surface area contributed by atoms with Crippen LogP contribution in [0.15, 0.2) is 42.5 Å². The number of ether oxygens (including phenoxy) is 2. The van der Waals surface area contributed by atoms with Crippen molar-refractivity contribution in [3.63, 3.8) is 0 Å². The first-order valence-electron chi connectivity index (χ1n) is 9.22. The third-order valence-corrected chi connectivity index (χ3v) is 5.58. The van der Waals surface area contributed by atoms with Crippen molar-refractivity contribution in [2.45, 2.75) is 19.0 Å². The smallest absolute Gasteiger partial charge is 0.262 e. The number of carbonyl (C=O) groups excluding carboxylic acids is 3. The zero-order valence-corrected chi connectivity index (χ0v) is 16.7. The number of carbonyl (C=O) groups is 3. The van der Waals surface area contributed by atoms with Crippen molar-refractivity contribution in [2.24, 2.45) is 0 Å². The van der Waals surface area contributed by atoms with Gasteiger partial charge in [-0.15, -0.1) is 0 Å². The molecule has 1 atom stereocenters. The molecule has 1 N–H and O–H groups in total. The Hall–Kier alpha value is -3.00. The lowest BCUT2D eigenvalue weighted by Gasteiger charge is -2.25. The van der Waals surface area contributed by atoms with E-state index in [2.05, 4.69) is 5.32 Å². The van der Waals surface area contributed by atoms with Crippen LogP contribution in [-0.2, 0) is 11.3 Å². The summed E-state index contributed by atoms with van der Waals surface area (Å²) in [5, 5.41) is 2.85. The second-order valence-electron chi connectivity index (χ2n) is 6.73. The molecule has 4 rings (SSSR count). The van der Waals surface area contributed by atoms with Gasteiger partial charge in [0, 0.05) is 6.54 Å². The van der Waals surface area contributed by atoms with Gasteiger partial charge in [0.05, 0.1) is 11.1 Å². The lowest BCUT2D eigenvalue weighted by Crippen LogP contribution is -2.49. The molecule has 2 aliphatic heterocycles. The molecule has 0 aliphatic carbocycles. The zero-order valence-electron chi connectivity index (χ0n) is 15.8. The van der Waals surface area contributed by atoms with Gasteiger partial charge in [0.15, 0.2) is 11.5 Å². The van der Waals surface area contributed by atoms with Crippen LogP contribution >= 0.6 is 11.8 Å². The molecule has 1 unspecified atom stereocenters. The molecule has 2 aliphatic rings. The normalized spacial score (nSPS) is 15.4. The maximum atomic E-state index is 13.0. The van der Waals surface area contributed by atoms with Crippen LogP contribution in [0.4, 0.5) is 0 Å². The standard InChI is InChI=1S/C21H20N2O5S/c1-29-9-8-16(23-20(25)14-4-2-3-5-15(14)21(23)26)19(24)22-11-13-6-7-17-18(10-13)28-12-27-17/h2-7,10,16H,8-9,11-12H2,1H3,(H,22,24). The summed E-state index contributed by atoms with van der Waals surface area (Å²) < 4.78 is 10.6. The largest absolute Gasteiger partial charge is 0.454 e. The molecular weight excluding hydrogens is 392 g/mol. The number of hydrogen-bond donors (Lipinski definition) is 1. The van der Waals surface area contributed by atoms with Gasteiger partial charge in [-0.3, -0.25) is 19.3 Å². The van der Waals surface area contributed by atoms with Crippen LogP contribution in [-0.4, -0.2) is 47.5 Å². The van der Waals surface area contributed by atoms with Crippen LogP contribution in [0.2, 0.25) is 0 Å². The summed E-state index contributed by atoms with van der Waals surface area (Å²) in [4.78, 5) is 39.7. The first-order valence-corrected chi connectivity index (χ1v) is 10.6. The molecule has 2 aromatic rings. The van der Waals surface area contributed by atoms with Crippen molar-refractivity contribution < 1.29 is 23.9 Å². The predicted octanol–water partition coefficient (Wildman–Crippen LogP) is 2.45. The Morgan fingerprint density at radius 1 is 1.10 bits per heavy atom. The Kier molecular flexibility index (Phi) is 5.44. The highest BCUT2D eigenvalue weighted by atomic mass is 32.2. The van der Waals surface area contributed by atoms with Crippen LogP contribution in [0.3, 0.4) is 0 Å². The van der Waals surface area contributed by atoms with Gasteiger partial charge >= 0.3 is 0 Å². The van der Waals surface area contributed by atoms with Crippen LogP contribution in [0.25, 0.3) is 0 Å². The summed E-state index contributed by atoms with van der Waals surface area (Å²) in [7, 11) is 0. The summed E-state index contributed by atoms with van der Waals surface area (Å²) in [6.45, 7) is 0.441. The summed E-state index contributed by atoms with van der Waals surface area (Å²) in [6.07, 6.45) is 2.31. The van der Waals surface area contributed by atoms with Gasteiger partial charge in [-0.05, 0) is 48.3 Å². The lowest BCUT2D eigenvalue weighted by atomic mass is 10.1. The predicted molar refractivity (Wildman–Crippen MR) is 108 cm³/mol. The minimum Gasteiger partial charge on any atom is -0.454 e. The zero-order chi connectivity index (χ0) is 20.4. The van der Waals surface area contributed by atoms with E-state index in [1.165, 1.54) is 0 Å². The third-order valence-electron chi connectivity index (χ3n) is 4.94. The maximum Gasteiger partial charge on any atom is 0.262 e. The van der Waals surface area contributed by atoms with Crippen LogP contribution in [0, 0.1) is 0 Å². The maximum absolute atomic E-state index is 13.0. The molecule has 7 nitrogen and oxygen atoms in total. The van der Waals surface area contributed by atoms with Crippen LogP contribution < -0.4 is 14.8 Å². The summed E-state index contributed by atoms with van der Waals surface area (Å²) in [6, 6.07) is 11.2. The molecule has 2 heterocycles. The van der Waals surface area contributed by atoms with Crippen molar-refractivity contribution in [2.75, 3.05) is 18.8 Å². The van der Waals surface area contributed by atoms with Gasteiger partial charge in [-0.2, -0.15) is 11.8 Å². The van der Waals surface area contributed by atoms with Gasteiger partial charge < -0.3 is 14.8 Å². The highest BCUT2D eigenvalue weighted by Crippen LogP contribution is 2.32. The quantitative estimate of drug-likeness (QED) is 0.704. The fraction of sp³-hybridized carbons (Fsp3) is 0.286. The molecule has 3 amide bonds. The number of thioether (sulfide) groups is 1. The van der Waals surface area contributed by atoms with E-state index in [1.54, 1.807) is 42.1 Å². The molecule has 150 valence electrons. The molecular formula is C21H20N2O5S. The highest BCUT2D eigenvalue weighted by molar-refractivity contribution is 7.98. The Labute approximate surface area is 172 Å². The highest BCUT2D eigenvalue weighted by Gasteiger charge is 2.42. The van der Waals surface area contributed by atoms with E-state index < -0.39 is 17.9 Å². The number of amides is 3. The topological polar surface area (TPSA) is 84.9 Å². The Morgan fingerprint density at radius 2 is 1.79 bits per heavy atom. The molecule has 0 saturated carbocycles. The first kappa shape index (κ1) is 19.3. The van der Waals surface area contributed by atoms with E-state index in [0.29, 0.717) is 34.8 Å². The van der Waals surface area contributed by atoms with E-state index in [9.17, 15) is 14.4 Å². The van der Waals surface area contributed by atoms with E-state index in [1.807, 2.05) is 18.4 Å². The third kappa shape index (κ3) is 3.67. The minimum absolute atomic E-state index is 0.182. The number of benzene rings is 2. The molecule has 29 heavy (non-hydrogen) atoms. The lowest BCUT2D eigenvalue weighted by molar-refractivity contribution is -0.125. The first-order chi connectivity index (χ1) is 14.1. The Balaban J connectivity index is 1.50. The number of fused-ring (bicyclic) bond motifs is 2. The molecule has 0 fully saturated rings. The minimum atomic E-state index is -0.858. The Bertz CT molecular complexity index is 942. The number of nitrogens with one attached hydrogen (secondary N) is 1. The molecule has 0 bridgehead atoms.